The summed E-state index contributed by atoms with van der Waals surface area (Å²) in [5.41, 5.74) is 5.32. The van der Waals surface area contributed by atoms with Crippen LogP contribution in [0.3, 0.4) is 0 Å². The number of aryl methyl sites for hydroxylation is 3. The van der Waals surface area contributed by atoms with Gasteiger partial charge in [0.05, 0.1) is 12.1 Å². The van der Waals surface area contributed by atoms with Gasteiger partial charge in [-0.15, -0.1) is 0 Å². The van der Waals surface area contributed by atoms with Crippen molar-refractivity contribution in [3.63, 3.8) is 0 Å². The first kappa shape index (κ1) is 23.5. The van der Waals surface area contributed by atoms with Crippen molar-refractivity contribution in [2.45, 2.75) is 27.4 Å². The third kappa shape index (κ3) is 5.77. The molecule has 0 saturated carbocycles. The van der Waals surface area contributed by atoms with Crippen LogP contribution >= 0.6 is 15.9 Å². The van der Waals surface area contributed by atoms with Crippen LogP contribution in [0.5, 0.6) is 5.75 Å². The van der Waals surface area contributed by atoms with Gasteiger partial charge in [-0.05, 0) is 50.1 Å². The highest BCUT2D eigenvalue weighted by Crippen LogP contribution is 2.24. The molecule has 1 N–H and O–H groups in total. The first-order valence-corrected chi connectivity index (χ1v) is 11.1. The smallest absolute Gasteiger partial charge is 0.257 e. The van der Waals surface area contributed by atoms with Crippen molar-refractivity contribution in [3.8, 4) is 5.75 Å². The molecule has 3 rings (SSSR count). The van der Waals surface area contributed by atoms with Crippen LogP contribution in [-0.2, 0) is 11.4 Å². The highest BCUT2D eigenvalue weighted by Gasteiger charge is 2.19. The monoisotopic (exact) mass is 494 g/mol. The molecule has 166 valence electrons. The zero-order valence-electron chi connectivity index (χ0n) is 18.7. The van der Waals surface area contributed by atoms with Crippen molar-refractivity contribution in [2.75, 3.05) is 18.9 Å². The maximum absolute atomic E-state index is 13.1. The SMILES string of the molecule is Cc1cc(C)c(NC(=O)CN(C)C(=O)c2ccccc2OCc2ccccc2Br)c(C)c1. The number of likely N-dealkylation sites (N-methyl/N-ethyl adjacent to an activating group) is 1. The van der Waals surface area contributed by atoms with E-state index >= 15 is 0 Å². The first-order chi connectivity index (χ1) is 15.3. The van der Waals surface area contributed by atoms with E-state index in [1.54, 1.807) is 25.2 Å². The number of para-hydroxylation sites is 1. The summed E-state index contributed by atoms with van der Waals surface area (Å²) in [6, 6.07) is 18.9. The van der Waals surface area contributed by atoms with Gasteiger partial charge in [0.1, 0.15) is 12.4 Å². The summed E-state index contributed by atoms with van der Waals surface area (Å²) >= 11 is 3.51. The predicted octanol–water partition coefficient (Wildman–Crippen LogP) is 5.66. The van der Waals surface area contributed by atoms with Crippen molar-refractivity contribution in [1.82, 2.24) is 4.90 Å². The lowest BCUT2D eigenvalue weighted by Gasteiger charge is -2.20. The molecule has 3 aromatic rings. The number of amides is 2. The molecule has 3 aromatic carbocycles. The summed E-state index contributed by atoms with van der Waals surface area (Å²) in [5.74, 6) is -0.0477. The van der Waals surface area contributed by atoms with E-state index in [1.807, 2.05) is 63.2 Å². The summed E-state index contributed by atoms with van der Waals surface area (Å²) in [5, 5.41) is 2.94. The fourth-order valence-electron chi connectivity index (χ4n) is 3.59. The lowest BCUT2D eigenvalue weighted by atomic mass is 10.1. The average Bonchev–Trinajstić information content (AvgIpc) is 2.75. The highest BCUT2D eigenvalue weighted by atomic mass is 79.9. The van der Waals surface area contributed by atoms with Gasteiger partial charge in [0.25, 0.3) is 5.91 Å². The van der Waals surface area contributed by atoms with Crippen molar-refractivity contribution in [1.29, 1.82) is 0 Å². The molecule has 0 spiro atoms. The number of halogens is 1. The van der Waals surface area contributed by atoms with Gasteiger partial charge in [-0.2, -0.15) is 0 Å². The molecule has 5 nitrogen and oxygen atoms in total. The van der Waals surface area contributed by atoms with Crippen LogP contribution < -0.4 is 10.1 Å². The van der Waals surface area contributed by atoms with Crippen LogP contribution in [0.25, 0.3) is 0 Å². The van der Waals surface area contributed by atoms with E-state index < -0.39 is 0 Å². The van der Waals surface area contributed by atoms with Crippen LogP contribution in [0.15, 0.2) is 65.1 Å². The Bertz CT molecular complexity index is 1120. The van der Waals surface area contributed by atoms with Crippen molar-refractivity contribution >= 4 is 33.4 Å². The summed E-state index contributed by atoms with van der Waals surface area (Å²) in [6.45, 7) is 6.20. The molecule has 32 heavy (non-hydrogen) atoms. The lowest BCUT2D eigenvalue weighted by Crippen LogP contribution is -2.35. The number of carbonyl (C=O) groups excluding carboxylic acids is 2. The Morgan fingerprint density at radius 3 is 2.28 bits per heavy atom. The fourth-order valence-corrected chi connectivity index (χ4v) is 3.99. The molecule has 0 unspecified atom stereocenters. The van der Waals surface area contributed by atoms with E-state index in [0.29, 0.717) is 17.9 Å². The van der Waals surface area contributed by atoms with E-state index in [4.69, 9.17) is 4.74 Å². The molecule has 0 atom stereocenters. The maximum atomic E-state index is 13.1. The van der Waals surface area contributed by atoms with Crippen LogP contribution in [0.4, 0.5) is 5.69 Å². The summed E-state index contributed by atoms with van der Waals surface area (Å²) in [4.78, 5) is 27.1. The van der Waals surface area contributed by atoms with Crippen molar-refractivity contribution in [2.24, 2.45) is 0 Å². The zero-order chi connectivity index (χ0) is 23.3. The largest absolute Gasteiger partial charge is 0.488 e. The maximum Gasteiger partial charge on any atom is 0.257 e. The molecule has 0 heterocycles. The molecular formula is C26H27BrN2O3. The zero-order valence-corrected chi connectivity index (χ0v) is 20.3. The molecule has 0 aromatic heterocycles. The summed E-state index contributed by atoms with van der Waals surface area (Å²) in [6.07, 6.45) is 0. The second kappa shape index (κ2) is 10.5. The van der Waals surface area contributed by atoms with Crippen LogP contribution in [0.2, 0.25) is 0 Å². The van der Waals surface area contributed by atoms with Crippen LogP contribution in [0.1, 0.15) is 32.6 Å². The van der Waals surface area contributed by atoms with Gasteiger partial charge in [-0.3, -0.25) is 9.59 Å². The van der Waals surface area contributed by atoms with Gasteiger partial charge in [0.2, 0.25) is 5.91 Å². The number of ether oxygens (including phenoxy) is 1. The van der Waals surface area contributed by atoms with E-state index in [0.717, 1.165) is 32.4 Å². The molecule has 0 bridgehead atoms. The van der Waals surface area contributed by atoms with Gasteiger partial charge in [-0.1, -0.05) is 64.0 Å². The van der Waals surface area contributed by atoms with E-state index in [-0.39, 0.29) is 18.4 Å². The van der Waals surface area contributed by atoms with Gasteiger partial charge >= 0.3 is 0 Å². The summed E-state index contributed by atoms with van der Waals surface area (Å²) in [7, 11) is 1.61. The second-order valence-electron chi connectivity index (χ2n) is 7.86. The Labute approximate surface area is 197 Å². The Hall–Kier alpha value is -3.12. The van der Waals surface area contributed by atoms with E-state index in [9.17, 15) is 9.59 Å². The van der Waals surface area contributed by atoms with Gasteiger partial charge < -0.3 is 15.0 Å². The van der Waals surface area contributed by atoms with Crippen molar-refractivity contribution < 1.29 is 14.3 Å². The van der Waals surface area contributed by atoms with Gasteiger partial charge in [0.15, 0.2) is 0 Å². The van der Waals surface area contributed by atoms with Crippen LogP contribution in [0, 0.1) is 20.8 Å². The Kier molecular flexibility index (Phi) is 7.70. The number of hydrogen-bond donors (Lipinski definition) is 1. The number of anilines is 1. The Balaban J connectivity index is 1.68. The Morgan fingerprint density at radius 2 is 1.59 bits per heavy atom. The lowest BCUT2D eigenvalue weighted by molar-refractivity contribution is -0.116. The standard InChI is InChI=1S/C26H27BrN2O3/c1-17-13-18(2)25(19(3)14-17)28-24(30)15-29(4)26(31)21-10-6-8-12-23(21)32-16-20-9-5-7-11-22(20)27/h5-14H,15-16H2,1-4H3,(H,28,30). The molecule has 6 heteroatoms. The summed E-state index contributed by atoms with van der Waals surface area (Å²) < 4.78 is 6.88. The minimum atomic E-state index is -0.278. The molecule has 0 aliphatic heterocycles. The number of benzene rings is 3. The third-order valence-electron chi connectivity index (χ3n) is 5.13. The fraction of sp³-hybridized carbons (Fsp3) is 0.231. The molecule has 2 amide bonds. The number of carbonyl (C=O) groups is 2. The first-order valence-electron chi connectivity index (χ1n) is 10.3. The minimum Gasteiger partial charge on any atom is -0.488 e. The quantitative estimate of drug-likeness (QED) is 0.460. The molecular weight excluding hydrogens is 468 g/mol. The Morgan fingerprint density at radius 1 is 0.969 bits per heavy atom. The van der Waals surface area contributed by atoms with Gasteiger partial charge in [-0.25, -0.2) is 0 Å². The molecule has 0 aliphatic rings. The number of nitrogens with zero attached hydrogens (tertiary/aromatic N) is 1. The molecule has 0 fully saturated rings. The predicted molar refractivity (Wildman–Crippen MR) is 131 cm³/mol. The number of rotatable bonds is 7. The third-order valence-corrected chi connectivity index (χ3v) is 5.90. The minimum absolute atomic E-state index is 0.0653. The number of hydrogen-bond acceptors (Lipinski definition) is 3. The van der Waals surface area contributed by atoms with Crippen LogP contribution in [-0.4, -0.2) is 30.3 Å². The average molecular weight is 495 g/mol. The topological polar surface area (TPSA) is 58.6 Å². The highest BCUT2D eigenvalue weighted by molar-refractivity contribution is 9.10. The van der Waals surface area contributed by atoms with E-state index in [2.05, 4.69) is 21.2 Å². The van der Waals surface area contributed by atoms with Crippen molar-refractivity contribution in [3.05, 3.63) is 93.0 Å². The molecule has 0 saturated heterocycles. The molecule has 0 aliphatic carbocycles. The van der Waals surface area contributed by atoms with Gasteiger partial charge in [0, 0.05) is 22.8 Å². The normalized spacial score (nSPS) is 10.5. The second-order valence-corrected chi connectivity index (χ2v) is 8.71. The molecule has 0 radical (unpaired) electrons. The number of nitrogens with one attached hydrogen (secondary N) is 1. The van der Waals surface area contributed by atoms with E-state index in [1.165, 1.54) is 4.90 Å².